The molecule has 4 heterocycles. The van der Waals surface area contributed by atoms with E-state index in [0.29, 0.717) is 17.6 Å². The minimum absolute atomic E-state index is 0.00525. The van der Waals surface area contributed by atoms with Gasteiger partial charge >= 0.3 is 0 Å². The topological polar surface area (TPSA) is 78.5 Å². The van der Waals surface area contributed by atoms with Crippen LogP contribution < -0.4 is 4.90 Å². The summed E-state index contributed by atoms with van der Waals surface area (Å²) in [7, 11) is -3.15. The predicted molar refractivity (Wildman–Crippen MR) is 100 cm³/mol. The number of aromatic nitrogens is 2. The van der Waals surface area contributed by atoms with Crippen LogP contribution in [-0.4, -0.2) is 36.6 Å². The number of fused-ring (bicyclic) bond motifs is 4. The summed E-state index contributed by atoms with van der Waals surface area (Å²) in [6.07, 6.45) is 2.58. The van der Waals surface area contributed by atoms with Gasteiger partial charge < -0.3 is 4.90 Å². The molecule has 2 aliphatic heterocycles. The molecule has 1 saturated heterocycles. The first-order chi connectivity index (χ1) is 12.6. The van der Waals surface area contributed by atoms with E-state index in [1.807, 2.05) is 28.7 Å². The second-order valence-corrected chi connectivity index (χ2v) is 9.25. The highest BCUT2D eigenvalue weighted by Crippen LogP contribution is 2.38. The average Bonchev–Trinajstić information content (AvgIpc) is 3.27. The fraction of sp³-hybridized carbons (Fsp3) is 0.368. The molecule has 0 radical (unpaired) electrons. The van der Waals surface area contributed by atoms with E-state index in [1.54, 1.807) is 0 Å². The third-order valence-electron chi connectivity index (χ3n) is 5.48. The molecule has 3 aromatic rings. The molecule has 132 valence electrons. The minimum Gasteiger partial charge on any atom is -0.357 e. The molecule has 0 unspecified atom stereocenters. The molecule has 0 spiro atoms. The van der Waals surface area contributed by atoms with Crippen molar-refractivity contribution < 1.29 is 8.42 Å². The monoisotopic (exact) mass is 366 g/mol. The summed E-state index contributed by atoms with van der Waals surface area (Å²) in [4.78, 5) is 6.99. The second-order valence-electron chi connectivity index (χ2n) is 7.06. The minimum atomic E-state index is -3.15. The van der Waals surface area contributed by atoms with Crippen LogP contribution in [0.25, 0.3) is 16.7 Å². The molecule has 0 atom stereocenters. The third kappa shape index (κ3) is 2.15. The van der Waals surface area contributed by atoms with Gasteiger partial charge in [-0.05, 0) is 37.0 Å². The zero-order valence-electron chi connectivity index (χ0n) is 14.3. The van der Waals surface area contributed by atoms with Gasteiger partial charge in [0.25, 0.3) is 0 Å². The van der Waals surface area contributed by atoms with E-state index in [9.17, 15) is 13.7 Å². The van der Waals surface area contributed by atoms with Gasteiger partial charge in [-0.3, -0.25) is 4.40 Å². The molecule has 5 rings (SSSR count). The summed E-state index contributed by atoms with van der Waals surface area (Å²) in [5.74, 6) is 1.03. The van der Waals surface area contributed by atoms with Crippen molar-refractivity contribution in [3.05, 3.63) is 41.0 Å². The Morgan fingerprint density at radius 1 is 1.12 bits per heavy atom. The molecule has 2 aromatic heterocycles. The lowest BCUT2D eigenvalue weighted by Crippen LogP contribution is -2.28. The van der Waals surface area contributed by atoms with Gasteiger partial charge in [0.15, 0.2) is 15.5 Å². The van der Waals surface area contributed by atoms with Crippen molar-refractivity contribution in [3.8, 4) is 6.07 Å². The van der Waals surface area contributed by atoms with Crippen LogP contribution in [0.1, 0.15) is 29.5 Å². The van der Waals surface area contributed by atoms with E-state index in [2.05, 4.69) is 11.0 Å². The fourth-order valence-electron chi connectivity index (χ4n) is 4.32. The van der Waals surface area contributed by atoms with E-state index in [1.165, 1.54) is 0 Å². The maximum atomic E-state index is 12.4. The number of hydrogen-bond acceptors (Lipinski definition) is 5. The van der Waals surface area contributed by atoms with Crippen LogP contribution in [0.4, 0.5) is 5.82 Å². The van der Waals surface area contributed by atoms with Crippen LogP contribution in [0.15, 0.2) is 24.3 Å². The zero-order chi connectivity index (χ0) is 17.9. The number of para-hydroxylation sites is 2. The number of benzene rings is 1. The summed E-state index contributed by atoms with van der Waals surface area (Å²) >= 11 is 0. The van der Waals surface area contributed by atoms with Crippen LogP contribution in [-0.2, 0) is 22.0 Å². The first-order valence-electron chi connectivity index (χ1n) is 8.89. The highest BCUT2D eigenvalue weighted by molar-refractivity contribution is 7.90. The fourth-order valence-corrected chi connectivity index (χ4v) is 5.72. The Bertz CT molecular complexity index is 1200. The van der Waals surface area contributed by atoms with Crippen molar-refractivity contribution in [3.63, 3.8) is 0 Å². The average molecular weight is 366 g/mol. The van der Waals surface area contributed by atoms with E-state index >= 15 is 0 Å². The molecule has 0 amide bonds. The van der Waals surface area contributed by atoms with Crippen LogP contribution in [0.2, 0.25) is 0 Å². The van der Waals surface area contributed by atoms with Gasteiger partial charge in [0.1, 0.15) is 11.9 Å². The Balaban J connectivity index is 1.98. The number of rotatable bonds is 1. The van der Waals surface area contributed by atoms with Crippen molar-refractivity contribution in [2.45, 2.75) is 25.0 Å². The predicted octanol–water partition coefficient (Wildman–Crippen LogP) is 2.43. The van der Waals surface area contributed by atoms with Gasteiger partial charge in [0.2, 0.25) is 0 Å². The van der Waals surface area contributed by atoms with Gasteiger partial charge in [-0.1, -0.05) is 12.1 Å². The molecular formula is C19H18N4O2S. The highest BCUT2D eigenvalue weighted by Gasteiger charge is 2.32. The quantitative estimate of drug-likeness (QED) is 0.661. The third-order valence-corrected chi connectivity index (χ3v) is 7.03. The molecule has 6 nitrogen and oxygen atoms in total. The van der Waals surface area contributed by atoms with Gasteiger partial charge in [0.05, 0.1) is 28.1 Å². The highest BCUT2D eigenvalue weighted by atomic mass is 32.2. The van der Waals surface area contributed by atoms with Gasteiger partial charge in [-0.25, -0.2) is 13.4 Å². The maximum Gasteiger partial charge on any atom is 0.157 e. The van der Waals surface area contributed by atoms with Crippen LogP contribution in [0.3, 0.4) is 0 Å². The van der Waals surface area contributed by atoms with E-state index in [0.717, 1.165) is 53.9 Å². The second kappa shape index (κ2) is 5.45. The lowest BCUT2D eigenvalue weighted by molar-refractivity contribution is 0.591. The number of sulfone groups is 1. The van der Waals surface area contributed by atoms with Gasteiger partial charge in [-0.15, -0.1) is 0 Å². The van der Waals surface area contributed by atoms with Crippen LogP contribution in [0, 0.1) is 11.3 Å². The van der Waals surface area contributed by atoms with Crippen molar-refractivity contribution in [1.29, 1.82) is 5.26 Å². The summed E-state index contributed by atoms with van der Waals surface area (Å²) in [5.41, 5.74) is 4.58. The number of nitriles is 1. The Hall–Kier alpha value is -2.59. The van der Waals surface area contributed by atoms with Gasteiger partial charge in [0, 0.05) is 18.7 Å². The zero-order valence-corrected chi connectivity index (χ0v) is 15.1. The lowest BCUT2D eigenvalue weighted by atomic mass is 10.0. The van der Waals surface area contributed by atoms with Crippen molar-refractivity contribution in [2.24, 2.45) is 0 Å². The Morgan fingerprint density at radius 3 is 2.65 bits per heavy atom. The van der Waals surface area contributed by atoms with Crippen molar-refractivity contribution >= 4 is 32.3 Å². The van der Waals surface area contributed by atoms with E-state index < -0.39 is 9.84 Å². The molecule has 0 aliphatic carbocycles. The Labute approximate surface area is 151 Å². The molecule has 26 heavy (non-hydrogen) atoms. The molecule has 0 saturated carbocycles. The molecule has 1 fully saturated rings. The summed E-state index contributed by atoms with van der Waals surface area (Å²) in [6, 6.07) is 10.1. The molecular weight excluding hydrogens is 348 g/mol. The SMILES string of the molecule is N#Cc1c2c(c(N3CCCC3)n3c1nc1ccccc13)CS(=O)(=O)CC2. The standard InChI is InChI=1S/C19H18N4O2S/c20-11-14-13-7-10-26(24,25)12-15(13)19(22-8-3-4-9-22)23-17-6-2-1-5-16(17)21-18(14)23/h1-2,5-6H,3-4,7-10,12H2. The Kier molecular flexibility index (Phi) is 3.28. The number of pyridine rings is 1. The number of anilines is 1. The lowest BCUT2D eigenvalue weighted by Gasteiger charge is -2.28. The van der Waals surface area contributed by atoms with Crippen molar-refractivity contribution in [2.75, 3.05) is 23.7 Å². The normalized spacial score (nSPS) is 19.0. The molecule has 2 aliphatic rings. The first kappa shape index (κ1) is 15.6. The Morgan fingerprint density at radius 2 is 1.88 bits per heavy atom. The molecule has 1 aromatic carbocycles. The summed E-state index contributed by atoms with van der Waals surface area (Å²) < 4.78 is 26.8. The molecule has 0 bridgehead atoms. The first-order valence-corrected chi connectivity index (χ1v) is 10.7. The van der Waals surface area contributed by atoms with E-state index in [4.69, 9.17) is 4.98 Å². The van der Waals surface area contributed by atoms with Crippen molar-refractivity contribution in [1.82, 2.24) is 9.38 Å². The smallest absolute Gasteiger partial charge is 0.157 e. The molecule has 0 N–H and O–H groups in total. The summed E-state index contributed by atoms with van der Waals surface area (Å²) in [6.45, 7) is 1.81. The summed E-state index contributed by atoms with van der Waals surface area (Å²) in [5, 5.41) is 9.84. The number of nitrogens with zero attached hydrogens (tertiary/aromatic N) is 4. The molecule has 7 heteroatoms. The number of imidazole rings is 1. The van der Waals surface area contributed by atoms with Gasteiger partial charge in [-0.2, -0.15) is 5.26 Å². The van der Waals surface area contributed by atoms with E-state index in [-0.39, 0.29) is 11.5 Å². The number of hydrogen-bond donors (Lipinski definition) is 0. The largest absolute Gasteiger partial charge is 0.357 e. The maximum absolute atomic E-state index is 12.4. The van der Waals surface area contributed by atoms with Crippen LogP contribution >= 0.6 is 0 Å². The van der Waals surface area contributed by atoms with Crippen LogP contribution in [0.5, 0.6) is 0 Å².